The first-order valence-corrected chi connectivity index (χ1v) is 7.41. The molecule has 0 amide bonds. The van der Waals surface area contributed by atoms with E-state index in [0.29, 0.717) is 5.13 Å². The topological polar surface area (TPSA) is 42.1 Å². The maximum atomic E-state index is 5.95. The van der Waals surface area contributed by atoms with E-state index in [2.05, 4.69) is 66.2 Å². The number of aromatic nitrogens is 1. The zero-order chi connectivity index (χ0) is 14.1. The fourth-order valence-corrected chi connectivity index (χ4v) is 3.27. The smallest absolute Gasteiger partial charge is 0.182 e. The van der Waals surface area contributed by atoms with Gasteiger partial charge in [0.1, 0.15) is 10.7 Å². The van der Waals surface area contributed by atoms with Gasteiger partial charge in [0.15, 0.2) is 5.13 Å². The van der Waals surface area contributed by atoms with Crippen molar-refractivity contribution < 1.29 is 0 Å². The number of aryl methyl sites for hydroxylation is 1. The molecule has 2 aromatic rings. The molecule has 3 nitrogen and oxygen atoms in total. The lowest BCUT2D eigenvalue weighted by Gasteiger charge is -2.25. The number of benzene rings is 1. The van der Waals surface area contributed by atoms with E-state index in [-0.39, 0.29) is 0 Å². The van der Waals surface area contributed by atoms with Crippen molar-refractivity contribution >= 4 is 21.5 Å². The van der Waals surface area contributed by atoms with Crippen molar-refractivity contribution in [3.05, 3.63) is 53.8 Å². The maximum absolute atomic E-state index is 5.95. The first-order valence-electron chi connectivity index (χ1n) is 6.59. The van der Waals surface area contributed by atoms with Crippen molar-refractivity contribution in [2.45, 2.75) is 13.8 Å². The van der Waals surface area contributed by atoms with Gasteiger partial charge in [0.25, 0.3) is 0 Å². The summed E-state index contributed by atoms with van der Waals surface area (Å²) in [6.45, 7) is 5.07. The molecule has 0 aliphatic carbocycles. The number of nitrogens with zero attached hydrogens (tertiary/aromatic N) is 2. The lowest BCUT2D eigenvalue weighted by atomic mass is 10.1. The van der Waals surface area contributed by atoms with Crippen molar-refractivity contribution in [3.8, 4) is 11.3 Å². The molecule has 2 heterocycles. The second kappa shape index (κ2) is 5.13. The quantitative estimate of drug-likeness (QED) is 0.906. The van der Waals surface area contributed by atoms with Crippen LogP contribution in [0.3, 0.4) is 0 Å². The van der Waals surface area contributed by atoms with Crippen molar-refractivity contribution in [1.82, 2.24) is 4.98 Å². The maximum Gasteiger partial charge on any atom is 0.182 e. The van der Waals surface area contributed by atoms with Gasteiger partial charge in [-0.15, -0.1) is 0 Å². The third-order valence-electron chi connectivity index (χ3n) is 3.35. The number of hydrogen-bond donors (Lipinski definition) is 1. The van der Waals surface area contributed by atoms with Crippen molar-refractivity contribution in [1.29, 1.82) is 0 Å². The Morgan fingerprint density at radius 1 is 1.30 bits per heavy atom. The predicted octanol–water partition coefficient (Wildman–Crippen LogP) is 3.98. The number of allylic oxidation sites excluding steroid dienone is 3. The van der Waals surface area contributed by atoms with Gasteiger partial charge in [-0.2, -0.15) is 0 Å². The minimum Gasteiger partial charge on any atom is -0.375 e. The molecule has 1 aliphatic rings. The lowest BCUT2D eigenvalue weighted by molar-refractivity contribution is 1.00. The average molecular weight is 283 g/mol. The molecule has 1 aliphatic heterocycles. The van der Waals surface area contributed by atoms with E-state index >= 15 is 0 Å². The van der Waals surface area contributed by atoms with E-state index in [4.69, 9.17) is 5.73 Å². The molecular weight excluding hydrogens is 266 g/mol. The molecule has 4 heteroatoms. The Bertz CT molecular complexity index is 697. The first-order chi connectivity index (χ1) is 9.65. The molecule has 102 valence electrons. The van der Waals surface area contributed by atoms with Crippen LogP contribution in [-0.2, 0) is 0 Å². The second-order valence-corrected chi connectivity index (χ2v) is 5.93. The van der Waals surface area contributed by atoms with Crippen LogP contribution in [0.4, 0.5) is 10.1 Å². The molecule has 3 rings (SSSR count). The number of nitrogen functional groups attached to an aromatic ring is 1. The Labute approximate surface area is 123 Å². The van der Waals surface area contributed by atoms with Gasteiger partial charge >= 0.3 is 0 Å². The fourth-order valence-electron chi connectivity index (χ4n) is 2.34. The minimum atomic E-state index is 0.610. The second-order valence-electron chi connectivity index (χ2n) is 4.92. The van der Waals surface area contributed by atoms with Crippen LogP contribution in [0, 0.1) is 6.92 Å². The number of nitrogens with two attached hydrogens (primary N) is 1. The van der Waals surface area contributed by atoms with E-state index in [0.717, 1.165) is 22.8 Å². The van der Waals surface area contributed by atoms with E-state index in [1.54, 1.807) is 11.3 Å². The van der Waals surface area contributed by atoms with Crippen molar-refractivity contribution in [2.24, 2.45) is 0 Å². The minimum absolute atomic E-state index is 0.610. The molecule has 1 aromatic heterocycles. The highest BCUT2D eigenvalue weighted by Gasteiger charge is 2.19. The van der Waals surface area contributed by atoms with Gasteiger partial charge in [-0.05, 0) is 26.0 Å². The number of rotatable bonds is 2. The van der Waals surface area contributed by atoms with Gasteiger partial charge in [0, 0.05) is 17.8 Å². The largest absolute Gasteiger partial charge is 0.375 e. The number of hydrogen-bond acceptors (Lipinski definition) is 4. The summed E-state index contributed by atoms with van der Waals surface area (Å²) in [7, 11) is 0. The molecule has 0 spiro atoms. The average Bonchev–Trinajstić information content (AvgIpc) is 2.81. The Hall–Kier alpha value is -2.07. The van der Waals surface area contributed by atoms with Crippen LogP contribution >= 0.6 is 11.3 Å². The summed E-state index contributed by atoms with van der Waals surface area (Å²) in [5, 5.41) is 1.73. The highest BCUT2D eigenvalue weighted by atomic mass is 32.1. The Morgan fingerprint density at radius 3 is 2.90 bits per heavy atom. The monoisotopic (exact) mass is 283 g/mol. The fraction of sp³-hybridized carbons (Fsp3) is 0.188. The van der Waals surface area contributed by atoms with Crippen LogP contribution in [0.5, 0.6) is 0 Å². The molecule has 0 bridgehead atoms. The third-order valence-corrected chi connectivity index (χ3v) is 4.26. The van der Waals surface area contributed by atoms with Crippen molar-refractivity contribution in [2.75, 3.05) is 17.2 Å². The molecular formula is C16H17N3S. The lowest BCUT2D eigenvalue weighted by Crippen LogP contribution is -2.22. The van der Waals surface area contributed by atoms with Gasteiger partial charge in [0.2, 0.25) is 0 Å². The molecule has 0 radical (unpaired) electrons. The standard InChI is InChI=1S/C16H17N3S/c1-11-6-5-8-13(10-11)14-15(20-16(17)18-14)19-9-4-3-7-12(19)2/h3-8,10H,9H2,1-2H3,(H2,17,18). The van der Waals surface area contributed by atoms with E-state index in [1.165, 1.54) is 11.3 Å². The van der Waals surface area contributed by atoms with Crippen LogP contribution in [0.2, 0.25) is 0 Å². The van der Waals surface area contributed by atoms with E-state index < -0.39 is 0 Å². The molecule has 1 aromatic carbocycles. The first kappa shape index (κ1) is 12.9. The van der Waals surface area contributed by atoms with E-state index in [9.17, 15) is 0 Å². The molecule has 2 N–H and O–H groups in total. The molecule has 0 saturated carbocycles. The zero-order valence-corrected chi connectivity index (χ0v) is 12.4. The molecule has 0 fully saturated rings. The summed E-state index contributed by atoms with van der Waals surface area (Å²) < 4.78 is 0. The van der Waals surface area contributed by atoms with Crippen LogP contribution in [0.25, 0.3) is 11.3 Å². The van der Waals surface area contributed by atoms with Crippen LogP contribution in [0.1, 0.15) is 12.5 Å². The summed E-state index contributed by atoms with van der Waals surface area (Å²) in [5.74, 6) is 0. The van der Waals surface area contributed by atoms with Crippen molar-refractivity contribution in [3.63, 3.8) is 0 Å². The third kappa shape index (κ3) is 2.34. The van der Waals surface area contributed by atoms with Gasteiger partial charge in [-0.1, -0.05) is 47.3 Å². The molecule has 0 atom stereocenters. The van der Waals surface area contributed by atoms with Gasteiger partial charge in [0.05, 0.1) is 0 Å². The number of thiazole rings is 1. The molecule has 20 heavy (non-hydrogen) atoms. The molecule has 0 unspecified atom stereocenters. The van der Waals surface area contributed by atoms with Gasteiger partial charge in [-0.3, -0.25) is 0 Å². The predicted molar refractivity (Wildman–Crippen MR) is 86.9 cm³/mol. The summed E-state index contributed by atoms with van der Waals surface area (Å²) in [6.07, 6.45) is 6.34. The molecule has 0 saturated heterocycles. The highest BCUT2D eigenvalue weighted by Crippen LogP contribution is 2.39. The SMILES string of the molecule is CC1=CC=CCN1c1sc(N)nc1-c1cccc(C)c1. The van der Waals surface area contributed by atoms with Crippen LogP contribution in [0.15, 0.2) is 48.2 Å². The summed E-state index contributed by atoms with van der Waals surface area (Å²) in [5.41, 5.74) is 10.5. The number of anilines is 2. The normalized spacial score (nSPS) is 14.5. The van der Waals surface area contributed by atoms with E-state index in [1.807, 2.05) is 0 Å². The summed E-state index contributed by atoms with van der Waals surface area (Å²) >= 11 is 1.54. The van der Waals surface area contributed by atoms with Crippen LogP contribution < -0.4 is 10.6 Å². The Morgan fingerprint density at radius 2 is 2.15 bits per heavy atom. The summed E-state index contributed by atoms with van der Waals surface area (Å²) in [4.78, 5) is 6.79. The Balaban J connectivity index is 2.09. The summed E-state index contributed by atoms with van der Waals surface area (Å²) in [6, 6.07) is 8.39. The highest BCUT2D eigenvalue weighted by molar-refractivity contribution is 7.19. The Kier molecular flexibility index (Phi) is 3.32. The zero-order valence-electron chi connectivity index (χ0n) is 11.6. The van der Waals surface area contributed by atoms with Crippen LogP contribution in [-0.4, -0.2) is 11.5 Å². The van der Waals surface area contributed by atoms with Gasteiger partial charge < -0.3 is 10.6 Å². The van der Waals surface area contributed by atoms with Gasteiger partial charge in [-0.25, -0.2) is 4.98 Å².